The Morgan fingerprint density at radius 3 is 2.35 bits per heavy atom. The average molecular weight is 247 g/mol. The molecule has 6 nitrogen and oxygen atoms in total. The summed E-state index contributed by atoms with van der Waals surface area (Å²) in [6, 6.07) is -0.662. The molecule has 17 heavy (non-hydrogen) atoms. The molecule has 4 N–H and O–H groups in total. The van der Waals surface area contributed by atoms with Crippen molar-refractivity contribution >= 4 is 5.91 Å². The maximum absolute atomic E-state index is 11.1. The third kappa shape index (κ3) is 3.16. The molecule has 1 aliphatic heterocycles. The highest BCUT2D eigenvalue weighted by Gasteiger charge is 2.45. The van der Waals surface area contributed by atoms with E-state index in [0.717, 1.165) is 0 Å². The molecular formula is C11H21NO5. The van der Waals surface area contributed by atoms with Crippen molar-refractivity contribution in [1.82, 2.24) is 5.32 Å². The summed E-state index contributed by atoms with van der Waals surface area (Å²) in [6.07, 6.45) is -3.60. The number of aliphatic hydroxyl groups is 3. The summed E-state index contributed by atoms with van der Waals surface area (Å²) in [6.45, 7) is 4.75. The molecule has 0 aromatic carbocycles. The highest BCUT2D eigenvalue weighted by molar-refractivity contribution is 5.73. The van der Waals surface area contributed by atoms with E-state index in [2.05, 4.69) is 5.32 Å². The number of ether oxygens (including phenoxy) is 1. The van der Waals surface area contributed by atoms with Crippen molar-refractivity contribution in [3.8, 4) is 0 Å². The van der Waals surface area contributed by atoms with Gasteiger partial charge in [-0.1, -0.05) is 13.8 Å². The Balaban J connectivity index is 2.86. The van der Waals surface area contributed by atoms with Gasteiger partial charge in [-0.2, -0.15) is 0 Å². The molecule has 1 saturated heterocycles. The van der Waals surface area contributed by atoms with Crippen molar-refractivity contribution in [1.29, 1.82) is 0 Å². The quantitative estimate of drug-likeness (QED) is 0.493. The Morgan fingerprint density at radius 2 is 1.94 bits per heavy atom. The average Bonchev–Trinajstić information content (AvgIpc) is 2.24. The Morgan fingerprint density at radius 1 is 1.35 bits per heavy atom. The van der Waals surface area contributed by atoms with E-state index in [0.29, 0.717) is 0 Å². The lowest BCUT2D eigenvalue weighted by atomic mass is 9.87. The Kier molecular flexibility index (Phi) is 4.88. The lowest BCUT2D eigenvalue weighted by Crippen LogP contribution is -2.65. The first-order valence-corrected chi connectivity index (χ1v) is 5.78. The fraction of sp³-hybridized carbons (Fsp3) is 0.909. The number of hydrogen-bond donors (Lipinski definition) is 4. The van der Waals surface area contributed by atoms with E-state index >= 15 is 0 Å². The minimum Gasteiger partial charge on any atom is -0.394 e. The number of aliphatic hydroxyl groups excluding tert-OH is 3. The van der Waals surface area contributed by atoms with Gasteiger partial charge in [-0.25, -0.2) is 0 Å². The van der Waals surface area contributed by atoms with Crippen LogP contribution in [0.3, 0.4) is 0 Å². The smallest absolute Gasteiger partial charge is 0.217 e. The number of rotatable bonds is 3. The molecule has 5 atom stereocenters. The van der Waals surface area contributed by atoms with E-state index in [1.807, 2.05) is 13.8 Å². The maximum atomic E-state index is 11.1. The van der Waals surface area contributed by atoms with Crippen molar-refractivity contribution in [2.75, 3.05) is 6.61 Å². The van der Waals surface area contributed by atoms with Crippen molar-refractivity contribution < 1.29 is 24.9 Å². The number of nitrogens with one attached hydrogen (secondary N) is 1. The SMILES string of the molecule is CC(=O)NC1[C@@H](C(C)C)OC(CO)[C@H](O)[C@@H]1O. The topological polar surface area (TPSA) is 99.0 Å². The van der Waals surface area contributed by atoms with Gasteiger partial charge in [0.15, 0.2) is 0 Å². The number of carbonyl (C=O) groups excluding carboxylic acids is 1. The van der Waals surface area contributed by atoms with Crippen LogP contribution in [-0.2, 0) is 9.53 Å². The van der Waals surface area contributed by atoms with Crippen LogP contribution in [0.1, 0.15) is 20.8 Å². The van der Waals surface area contributed by atoms with Gasteiger partial charge in [0.2, 0.25) is 5.91 Å². The third-order valence-electron chi connectivity index (χ3n) is 2.99. The monoisotopic (exact) mass is 247 g/mol. The predicted molar refractivity (Wildman–Crippen MR) is 60.2 cm³/mol. The van der Waals surface area contributed by atoms with Crippen LogP contribution in [-0.4, -0.2) is 58.3 Å². The summed E-state index contributed by atoms with van der Waals surface area (Å²) in [7, 11) is 0. The molecule has 1 rings (SSSR count). The van der Waals surface area contributed by atoms with Crippen molar-refractivity contribution in [2.45, 2.75) is 51.2 Å². The largest absolute Gasteiger partial charge is 0.394 e. The first kappa shape index (κ1) is 14.4. The molecule has 0 saturated carbocycles. The standard InChI is InChI=1S/C11H21NO5/c1-5(2)11-8(12-6(3)14)10(16)9(15)7(4-13)17-11/h5,7-11,13,15-16H,4H2,1-3H3,(H,12,14)/t7?,8?,9-,10+,11+/m0/s1. The normalized spacial score (nSPS) is 38.2. The van der Waals surface area contributed by atoms with Crippen LogP contribution in [0.4, 0.5) is 0 Å². The fourth-order valence-corrected chi connectivity index (χ4v) is 2.12. The second-order valence-corrected chi connectivity index (χ2v) is 4.77. The molecule has 0 aliphatic carbocycles. The minimum atomic E-state index is -1.20. The molecule has 0 spiro atoms. The Bertz CT molecular complexity index is 271. The summed E-state index contributed by atoms with van der Waals surface area (Å²) >= 11 is 0. The van der Waals surface area contributed by atoms with E-state index in [1.165, 1.54) is 6.92 Å². The second kappa shape index (κ2) is 5.77. The number of amides is 1. The van der Waals surface area contributed by atoms with Gasteiger partial charge in [0.05, 0.1) is 18.8 Å². The molecule has 0 bridgehead atoms. The van der Waals surface area contributed by atoms with E-state index in [-0.39, 0.29) is 18.4 Å². The summed E-state index contributed by atoms with van der Waals surface area (Å²) in [5.41, 5.74) is 0. The predicted octanol–water partition coefficient (Wildman–Crippen LogP) is -1.37. The molecule has 100 valence electrons. The van der Waals surface area contributed by atoms with Gasteiger partial charge in [0.25, 0.3) is 0 Å². The molecular weight excluding hydrogens is 226 g/mol. The molecule has 1 amide bonds. The van der Waals surface area contributed by atoms with Crippen molar-refractivity contribution in [3.63, 3.8) is 0 Å². The van der Waals surface area contributed by atoms with Gasteiger partial charge >= 0.3 is 0 Å². The molecule has 6 heteroatoms. The third-order valence-corrected chi connectivity index (χ3v) is 2.99. The summed E-state index contributed by atoms with van der Waals surface area (Å²) in [5.74, 6) is -0.249. The van der Waals surface area contributed by atoms with Gasteiger partial charge in [0, 0.05) is 6.92 Å². The van der Waals surface area contributed by atoms with Crippen LogP contribution in [0.5, 0.6) is 0 Å². The molecule has 1 heterocycles. The van der Waals surface area contributed by atoms with Crippen molar-refractivity contribution in [3.05, 3.63) is 0 Å². The summed E-state index contributed by atoms with van der Waals surface area (Å²) in [4.78, 5) is 11.1. The number of carbonyl (C=O) groups is 1. The van der Waals surface area contributed by atoms with Crippen LogP contribution in [0.15, 0.2) is 0 Å². The van der Waals surface area contributed by atoms with Gasteiger partial charge in [-0.05, 0) is 5.92 Å². The van der Waals surface area contributed by atoms with E-state index < -0.39 is 30.5 Å². The van der Waals surface area contributed by atoms with E-state index in [4.69, 9.17) is 9.84 Å². The lowest BCUT2D eigenvalue weighted by molar-refractivity contribution is -0.204. The van der Waals surface area contributed by atoms with E-state index in [1.54, 1.807) is 0 Å². The Hall–Kier alpha value is -0.690. The van der Waals surface area contributed by atoms with Crippen LogP contribution in [0, 0.1) is 5.92 Å². The van der Waals surface area contributed by atoms with Gasteiger partial charge in [-0.3, -0.25) is 4.79 Å². The van der Waals surface area contributed by atoms with Crippen LogP contribution in [0.25, 0.3) is 0 Å². The minimum absolute atomic E-state index is 0.0445. The van der Waals surface area contributed by atoms with Gasteiger partial charge in [0.1, 0.15) is 18.3 Å². The second-order valence-electron chi connectivity index (χ2n) is 4.77. The zero-order valence-corrected chi connectivity index (χ0v) is 10.3. The highest BCUT2D eigenvalue weighted by atomic mass is 16.5. The van der Waals surface area contributed by atoms with E-state index in [9.17, 15) is 15.0 Å². The zero-order chi connectivity index (χ0) is 13.2. The molecule has 0 aromatic heterocycles. The van der Waals surface area contributed by atoms with Crippen LogP contribution in [0.2, 0.25) is 0 Å². The molecule has 0 aromatic rings. The maximum Gasteiger partial charge on any atom is 0.217 e. The molecule has 0 radical (unpaired) electrons. The van der Waals surface area contributed by atoms with Crippen LogP contribution < -0.4 is 5.32 Å². The zero-order valence-electron chi connectivity index (χ0n) is 10.3. The first-order chi connectivity index (χ1) is 7.88. The Labute approximate surface area is 101 Å². The molecule has 2 unspecified atom stereocenters. The first-order valence-electron chi connectivity index (χ1n) is 5.78. The fourth-order valence-electron chi connectivity index (χ4n) is 2.12. The molecule has 1 aliphatic rings. The summed E-state index contributed by atoms with van der Waals surface area (Å²) in [5, 5.41) is 31.3. The van der Waals surface area contributed by atoms with Crippen LogP contribution >= 0.6 is 0 Å². The number of hydrogen-bond acceptors (Lipinski definition) is 5. The summed E-state index contributed by atoms with van der Waals surface area (Å²) < 4.78 is 5.52. The lowest BCUT2D eigenvalue weighted by Gasteiger charge is -2.44. The highest BCUT2D eigenvalue weighted by Crippen LogP contribution is 2.25. The van der Waals surface area contributed by atoms with Crippen molar-refractivity contribution in [2.24, 2.45) is 5.92 Å². The van der Waals surface area contributed by atoms with Gasteiger partial charge < -0.3 is 25.4 Å². The molecule has 1 fully saturated rings. The van der Waals surface area contributed by atoms with Gasteiger partial charge in [-0.15, -0.1) is 0 Å².